The Morgan fingerprint density at radius 3 is 2.26 bits per heavy atom. The number of nitrogens with zero attached hydrogens (tertiary/aromatic N) is 4. The van der Waals surface area contributed by atoms with E-state index < -0.39 is 0 Å². The molecular weight excluding hydrogens is 381 g/mol. The molecule has 2 N–H and O–H groups in total. The van der Waals surface area contributed by atoms with Gasteiger partial charge in [-0.1, -0.05) is 29.8 Å². The number of benzene rings is 1. The molecular formula is C20H21Cl2N5. The highest BCUT2D eigenvalue weighted by molar-refractivity contribution is 6.33. The van der Waals surface area contributed by atoms with Crippen molar-refractivity contribution in [2.45, 2.75) is 0 Å². The van der Waals surface area contributed by atoms with Crippen LogP contribution in [0.1, 0.15) is 0 Å². The number of pyridine rings is 2. The lowest BCUT2D eigenvalue weighted by Gasteiger charge is -2.37. The molecule has 0 saturated carbocycles. The fourth-order valence-electron chi connectivity index (χ4n) is 3.28. The van der Waals surface area contributed by atoms with E-state index in [4.69, 9.17) is 17.3 Å². The van der Waals surface area contributed by atoms with Gasteiger partial charge in [-0.25, -0.2) is 4.98 Å². The number of hydrogen-bond acceptors (Lipinski definition) is 5. The van der Waals surface area contributed by atoms with E-state index in [1.54, 1.807) is 6.20 Å². The zero-order valence-corrected chi connectivity index (χ0v) is 16.3. The second-order valence-electron chi connectivity index (χ2n) is 6.28. The first-order valence-corrected chi connectivity index (χ1v) is 9.02. The van der Waals surface area contributed by atoms with Crippen molar-refractivity contribution in [1.82, 2.24) is 9.97 Å². The molecule has 3 heterocycles. The van der Waals surface area contributed by atoms with Crippen LogP contribution in [0.2, 0.25) is 5.02 Å². The molecule has 0 amide bonds. The molecule has 1 aromatic carbocycles. The maximum atomic E-state index is 6.33. The number of anilines is 3. The SMILES string of the molecule is Cl.Nc1cc(N2CCN(c3ccccc3Cl)CC2)cc(-c2ccccn2)n1. The molecule has 1 aliphatic heterocycles. The normalized spacial score (nSPS) is 14.0. The van der Waals surface area contributed by atoms with Crippen molar-refractivity contribution >= 4 is 41.2 Å². The van der Waals surface area contributed by atoms with E-state index >= 15 is 0 Å². The first-order valence-electron chi connectivity index (χ1n) is 8.64. The Labute approximate surface area is 170 Å². The fourth-order valence-corrected chi connectivity index (χ4v) is 3.53. The molecule has 3 aromatic rings. The summed E-state index contributed by atoms with van der Waals surface area (Å²) in [5.41, 5.74) is 9.85. The van der Waals surface area contributed by atoms with Crippen LogP contribution in [0.5, 0.6) is 0 Å². The summed E-state index contributed by atoms with van der Waals surface area (Å²) in [4.78, 5) is 13.5. The number of para-hydroxylation sites is 1. The van der Waals surface area contributed by atoms with Crippen LogP contribution in [0.15, 0.2) is 60.8 Å². The summed E-state index contributed by atoms with van der Waals surface area (Å²) < 4.78 is 0. The zero-order valence-electron chi connectivity index (χ0n) is 14.8. The molecule has 1 aliphatic rings. The smallest absolute Gasteiger partial charge is 0.126 e. The number of hydrogen-bond donors (Lipinski definition) is 1. The van der Waals surface area contributed by atoms with E-state index in [1.807, 2.05) is 42.5 Å². The van der Waals surface area contributed by atoms with Gasteiger partial charge < -0.3 is 15.5 Å². The van der Waals surface area contributed by atoms with E-state index in [0.717, 1.165) is 54.0 Å². The Morgan fingerprint density at radius 1 is 0.852 bits per heavy atom. The second kappa shape index (κ2) is 8.46. The molecule has 0 atom stereocenters. The molecule has 0 aliphatic carbocycles. The van der Waals surface area contributed by atoms with Crippen molar-refractivity contribution < 1.29 is 0 Å². The first kappa shape index (κ1) is 19.3. The molecule has 4 rings (SSSR count). The molecule has 0 radical (unpaired) electrons. The Morgan fingerprint density at radius 2 is 1.56 bits per heavy atom. The molecule has 0 spiro atoms. The van der Waals surface area contributed by atoms with Crippen molar-refractivity contribution in [3.8, 4) is 11.4 Å². The van der Waals surface area contributed by atoms with Crippen LogP contribution in [-0.4, -0.2) is 36.1 Å². The standard InChI is InChI=1S/C20H20ClN5.ClH/c21-16-5-1-2-7-19(16)26-11-9-25(10-12-26)15-13-18(24-20(22)14-15)17-6-3-4-8-23-17;/h1-8,13-14H,9-12H2,(H2,22,24);1H. The van der Waals surface area contributed by atoms with Crippen molar-refractivity contribution in [3.05, 3.63) is 65.8 Å². The van der Waals surface area contributed by atoms with Gasteiger partial charge in [-0.05, 0) is 30.3 Å². The lowest BCUT2D eigenvalue weighted by molar-refractivity contribution is 0.653. The van der Waals surface area contributed by atoms with Crippen molar-refractivity contribution in [2.24, 2.45) is 0 Å². The Balaban J connectivity index is 0.00000210. The number of halogens is 2. The minimum atomic E-state index is 0. The number of nitrogens with two attached hydrogens (primary N) is 1. The topological polar surface area (TPSA) is 58.3 Å². The minimum absolute atomic E-state index is 0. The highest BCUT2D eigenvalue weighted by atomic mass is 35.5. The van der Waals surface area contributed by atoms with Crippen molar-refractivity contribution in [1.29, 1.82) is 0 Å². The summed E-state index contributed by atoms with van der Waals surface area (Å²) in [5.74, 6) is 0.511. The van der Waals surface area contributed by atoms with E-state index in [-0.39, 0.29) is 12.4 Å². The molecule has 1 saturated heterocycles. The fraction of sp³-hybridized carbons (Fsp3) is 0.200. The largest absolute Gasteiger partial charge is 0.384 e. The van der Waals surface area contributed by atoms with Gasteiger partial charge >= 0.3 is 0 Å². The number of nitrogen functional groups attached to an aromatic ring is 1. The average molecular weight is 402 g/mol. The average Bonchev–Trinajstić information content (AvgIpc) is 2.69. The third-order valence-electron chi connectivity index (χ3n) is 4.60. The van der Waals surface area contributed by atoms with Crippen LogP contribution in [0.3, 0.4) is 0 Å². The van der Waals surface area contributed by atoms with Crippen LogP contribution in [0.25, 0.3) is 11.4 Å². The van der Waals surface area contributed by atoms with E-state index in [9.17, 15) is 0 Å². The van der Waals surface area contributed by atoms with Crippen LogP contribution in [0, 0.1) is 0 Å². The van der Waals surface area contributed by atoms with Gasteiger partial charge in [0.1, 0.15) is 5.82 Å². The highest BCUT2D eigenvalue weighted by Crippen LogP contribution is 2.29. The van der Waals surface area contributed by atoms with Crippen LogP contribution in [-0.2, 0) is 0 Å². The quantitative estimate of drug-likeness (QED) is 0.714. The predicted octanol–water partition coefficient (Wildman–Crippen LogP) is 4.13. The van der Waals surface area contributed by atoms with Gasteiger partial charge in [-0.15, -0.1) is 12.4 Å². The van der Waals surface area contributed by atoms with Crippen molar-refractivity contribution in [2.75, 3.05) is 41.7 Å². The van der Waals surface area contributed by atoms with Gasteiger partial charge in [-0.2, -0.15) is 0 Å². The summed E-state index contributed by atoms with van der Waals surface area (Å²) in [6, 6.07) is 17.8. The molecule has 27 heavy (non-hydrogen) atoms. The van der Waals surface area contributed by atoms with E-state index in [0.29, 0.717) is 5.82 Å². The van der Waals surface area contributed by atoms with Gasteiger partial charge in [0.05, 0.1) is 22.1 Å². The maximum absolute atomic E-state index is 6.33. The molecule has 0 bridgehead atoms. The zero-order chi connectivity index (χ0) is 17.9. The third kappa shape index (κ3) is 4.26. The predicted molar refractivity (Wildman–Crippen MR) is 115 cm³/mol. The first-order chi connectivity index (χ1) is 12.7. The molecule has 0 unspecified atom stereocenters. The highest BCUT2D eigenvalue weighted by Gasteiger charge is 2.20. The molecule has 1 fully saturated rings. The minimum Gasteiger partial charge on any atom is -0.384 e. The maximum Gasteiger partial charge on any atom is 0.126 e. The van der Waals surface area contributed by atoms with E-state index in [1.165, 1.54) is 0 Å². The van der Waals surface area contributed by atoms with Crippen LogP contribution >= 0.6 is 24.0 Å². The number of rotatable bonds is 3. The van der Waals surface area contributed by atoms with Crippen LogP contribution < -0.4 is 15.5 Å². The lowest BCUT2D eigenvalue weighted by Crippen LogP contribution is -2.46. The van der Waals surface area contributed by atoms with Gasteiger partial charge in [0.2, 0.25) is 0 Å². The summed E-state index contributed by atoms with van der Waals surface area (Å²) in [5, 5.41) is 0.798. The molecule has 140 valence electrons. The number of aromatic nitrogens is 2. The van der Waals surface area contributed by atoms with Gasteiger partial charge in [0, 0.05) is 44.1 Å². The summed E-state index contributed by atoms with van der Waals surface area (Å²) >= 11 is 6.33. The second-order valence-corrected chi connectivity index (χ2v) is 6.68. The summed E-state index contributed by atoms with van der Waals surface area (Å²) in [6.07, 6.45) is 1.77. The Kier molecular flexibility index (Phi) is 6.04. The third-order valence-corrected chi connectivity index (χ3v) is 4.91. The van der Waals surface area contributed by atoms with Crippen LogP contribution in [0.4, 0.5) is 17.2 Å². The van der Waals surface area contributed by atoms with Gasteiger partial charge in [0.15, 0.2) is 0 Å². The van der Waals surface area contributed by atoms with Crippen molar-refractivity contribution in [3.63, 3.8) is 0 Å². The van der Waals surface area contributed by atoms with E-state index in [2.05, 4.69) is 31.9 Å². The molecule has 5 nitrogen and oxygen atoms in total. The monoisotopic (exact) mass is 401 g/mol. The molecule has 7 heteroatoms. The van der Waals surface area contributed by atoms with Gasteiger partial charge in [-0.3, -0.25) is 4.98 Å². The Hall–Kier alpha value is -2.50. The summed E-state index contributed by atoms with van der Waals surface area (Å²) in [7, 11) is 0. The lowest BCUT2D eigenvalue weighted by atomic mass is 10.2. The van der Waals surface area contributed by atoms with Gasteiger partial charge in [0.25, 0.3) is 0 Å². The number of piperazine rings is 1. The molecule has 2 aromatic heterocycles. The summed E-state index contributed by atoms with van der Waals surface area (Å²) in [6.45, 7) is 3.61. The Bertz CT molecular complexity index is 896.